The monoisotopic (exact) mass is 474 g/mol. The fourth-order valence-corrected chi connectivity index (χ4v) is 3.84. The van der Waals surface area contributed by atoms with Gasteiger partial charge in [0.15, 0.2) is 9.84 Å². The van der Waals surface area contributed by atoms with Crippen LogP contribution in [0.2, 0.25) is 0 Å². The zero-order chi connectivity index (χ0) is 24.8. The maximum absolute atomic E-state index is 13.5. The van der Waals surface area contributed by atoms with E-state index < -0.39 is 9.84 Å². The van der Waals surface area contributed by atoms with Crippen LogP contribution in [0.4, 0.5) is 0 Å². The summed E-state index contributed by atoms with van der Waals surface area (Å²) in [5.41, 5.74) is 1.07. The van der Waals surface area contributed by atoms with Crippen LogP contribution in [0.15, 0.2) is 53.4 Å². The number of ether oxygens (including phenoxy) is 1. The van der Waals surface area contributed by atoms with Gasteiger partial charge in [-0.25, -0.2) is 8.42 Å². The quantitative estimate of drug-likeness (QED) is 0.480. The summed E-state index contributed by atoms with van der Waals surface area (Å²) in [5, 5.41) is 0. The van der Waals surface area contributed by atoms with E-state index in [9.17, 15) is 13.2 Å². The van der Waals surface area contributed by atoms with Crippen LogP contribution < -0.4 is 4.74 Å². The van der Waals surface area contributed by atoms with Crippen LogP contribution >= 0.6 is 0 Å². The first-order valence-corrected chi connectivity index (χ1v) is 13.2. The number of benzene rings is 2. The summed E-state index contributed by atoms with van der Waals surface area (Å²) < 4.78 is 29.8. The summed E-state index contributed by atoms with van der Waals surface area (Å²) in [6.45, 7) is 10.0. The Balaban J connectivity index is 2.27. The van der Waals surface area contributed by atoms with Gasteiger partial charge in [0, 0.05) is 30.4 Å². The van der Waals surface area contributed by atoms with Gasteiger partial charge in [0.2, 0.25) is 0 Å². The highest BCUT2D eigenvalue weighted by Crippen LogP contribution is 2.21. The van der Waals surface area contributed by atoms with Crippen molar-refractivity contribution in [3.8, 4) is 5.75 Å². The van der Waals surface area contributed by atoms with Gasteiger partial charge < -0.3 is 14.5 Å². The molecule has 33 heavy (non-hydrogen) atoms. The van der Waals surface area contributed by atoms with Crippen molar-refractivity contribution < 1.29 is 17.9 Å². The summed E-state index contributed by atoms with van der Waals surface area (Å²) >= 11 is 0. The third kappa shape index (κ3) is 8.16. The molecule has 0 radical (unpaired) electrons. The van der Waals surface area contributed by atoms with Crippen molar-refractivity contribution >= 4 is 15.7 Å². The Bertz CT molecular complexity index is 1030. The lowest BCUT2D eigenvalue weighted by molar-refractivity contribution is 0.0608. The van der Waals surface area contributed by atoms with E-state index >= 15 is 0 Å². The number of sulfone groups is 1. The molecule has 0 aliphatic heterocycles. The third-order valence-electron chi connectivity index (χ3n) is 5.85. The molecular formula is C26H38N2O4S. The van der Waals surface area contributed by atoms with E-state index in [-0.39, 0.29) is 16.3 Å². The molecule has 0 spiro atoms. The second-order valence-corrected chi connectivity index (χ2v) is 11.9. The molecular weight excluding hydrogens is 436 g/mol. The van der Waals surface area contributed by atoms with Crippen LogP contribution in [0, 0.1) is 5.92 Å². The molecule has 1 amide bonds. The average molecular weight is 475 g/mol. The lowest BCUT2D eigenvalue weighted by Gasteiger charge is -2.38. The van der Waals surface area contributed by atoms with E-state index in [1.54, 1.807) is 17.0 Å². The maximum atomic E-state index is 13.5. The number of hydrogen-bond acceptors (Lipinski definition) is 5. The first kappa shape index (κ1) is 26.9. The third-order valence-corrected chi connectivity index (χ3v) is 6.96. The summed E-state index contributed by atoms with van der Waals surface area (Å²) in [6.07, 6.45) is 2.14. The van der Waals surface area contributed by atoms with Gasteiger partial charge in [-0.2, -0.15) is 0 Å². The van der Waals surface area contributed by atoms with Crippen LogP contribution in [0.5, 0.6) is 5.75 Å². The fraction of sp³-hybridized carbons (Fsp3) is 0.500. The van der Waals surface area contributed by atoms with Crippen LogP contribution in [0.1, 0.15) is 50.0 Å². The predicted molar refractivity (Wildman–Crippen MR) is 133 cm³/mol. The van der Waals surface area contributed by atoms with E-state index in [2.05, 4.69) is 32.6 Å². The molecule has 0 bridgehead atoms. The lowest BCUT2D eigenvalue weighted by atomic mass is 10.0. The van der Waals surface area contributed by atoms with Crippen LogP contribution in [-0.2, 0) is 16.4 Å². The molecule has 0 N–H and O–H groups in total. The molecule has 0 aliphatic carbocycles. The molecule has 0 atom stereocenters. The molecule has 0 saturated heterocycles. The second-order valence-electron chi connectivity index (χ2n) is 9.84. The number of carbonyl (C=O) groups excluding carboxylic acids is 1. The summed E-state index contributed by atoms with van der Waals surface area (Å²) in [4.78, 5) is 17.5. The Morgan fingerprint density at radius 2 is 1.70 bits per heavy atom. The number of rotatable bonds is 11. The number of amides is 1. The van der Waals surface area contributed by atoms with Crippen molar-refractivity contribution in [2.75, 3.05) is 33.5 Å². The normalized spacial score (nSPS) is 12.3. The Hall–Kier alpha value is -2.38. The Morgan fingerprint density at radius 1 is 1.06 bits per heavy atom. The number of hydrogen-bond donors (Lipinski definition) is 0. The highest BCUT2D eigenvalue weighted by Gasteiger charge is 2.28. The SMILES string of the molecule is CC(C)CCOc1ccc(CN(CC(C)(C)N(C)C)C(=O)c2cccc(S(C)(=O)=O)c2)cc1. The smallest absolute Gasteiger partial charge is 0.254 e. The molecule has 2 aromatic carbocycles. The minimum absolute atomic E-state index is 0.142. The first-order chi connectivity index (χ1) is 15.3. The van der Waals surface area contributed by atoms with E-state index in [1.807, 2.05) is 38.4 Å². The van der Waals surface area contributed by atoms with Crippen molar-refractivity contribution in [3.05, 3.63) is 59.7 Å². The zero-order valence-electron chi connectivity index (χ0n) is 21.0. The van der Waals surface area contributed by atoms with Gasteiger partial charge in [0.25, 0.3) is 5.91 Å². The summed E-state index contributed by atoms with van der Waals surface area (Å²) in [6, 6.07) is 14.1. The number of carbonyl (C=O) groups is 1. The molecule has 6 nitrogen and oxygen atoms in total. The molecule has 0 aromatic heterocycles. The van der Waals surface area contributed by atoms with Crippen molar-refractivity contribution in [1.82, 2.24) is 9.80 Å². The molecule has 2 aromatic rings. The van der Waals surface area contributed by atoms with Crippen molar-refractivity contribution in [3.63, 3.8) is 0 Å². The van der Waals surface area contributed by atoms with Crippen LogP contribution in [-0.4, -0.2) is 63.2 Å². The Morgan fingerprint density at radius 3 is 2.24 bits per heavy atom. The molecule has 0 fully saturated rings. The van der Waals surface area contributed by atoms with E-state index in [1.165, 1.54) is 12.1 Å². The summed E-state index contributed by atoms with van der Waals surface area (Å²) in [7, 11) is 0.562. The lowest BCUT2D eigenvalue weighted by Crippen LogP contribution is -2.49. The van der Waals surface area contributed by atoms with E-state index in [0.717, 1.165) is 24.0 Å². The van der Waals surface area contributed by atoms with Crippen LogP contribution in [0.25, 0.3) is 0 Å². The number of nitrogens with zero attached hydrogens (tertiary/aromatic N) is 2. The van der Waals surface area contributed by atoms with Gasteiger partial charge in [-0.15, -0.1) is 0 Å². The molecule has 0 heterocycles. The van der Waals surface area contributed by atoms with Gasteiger partial charge in [-0.1, -0.05) is 32.0 Å². The fourth-order valence-electron chi connectivity index (χ4n) is 3.17. The van der Waals surface area contributed by atoms with Crippen molar-refractivity contribution in [2.24, 2.45) is 5.92 Å². The predicted octanol–water partition coefficient (Wildman–Crippen LogP) is 4.50. The number of likely N-dealkylation sites (N-methyl/N-ethyl adjacent to an activating group) is 1. The van der Waals surface area contributed by atoms with Crippen LogP contribution in [0.3, 0.4) is 0 Å². The molecule has 0 saturated carbocycles. The van der Waals surface area contributed by atoms with E-state index in [0.29, 0.717) is 31.2 Å². The van der Waals surface area contributed by atoms with Gasteiger partial charge in [-0.3, -0.25) is 4.79 Å². The zero-order valence-corrected chi connectivity index (χ0v) is 21.8. The highest BCUT2D eigenvalue weighted by molar-refractivity contribution is 7.90. The standard InChI is InChI=1S/C26H38N2O4S/c1-20(2)15-16-32-23-13-11-21(12-14-23)18-28(19-26(3,4)27(5)6)25(29)22-9-8-10-24(17-22)33(7,30)31/h8-14,17,20H,15-16,18-19H2,1-7H3. The molecule has 0 unspecified atom stereocenters. The molecule has 0 aliphatic rings. The summed E-state index contributed by atoms with van der Waals surface area (Å²) in [5.74, 6) is 1.20. The largest absolute Gasteiger partial charge is 0.494 e. The Labute approximate surface area is 199 Å². The van der Waals surface area contributed by atoms with Gasteiger partial charge in [0.1, 0.15) is 5.75 Å². The van der Waals surface area contributed by atoms with Gasteiger partial charge in [-0.05, 0) is 76.2 Å². The topological polar surface area (TPSA) is 66.9 Å². The minimum Gasteiger partial charge on any atom is -0.494 e. The van der Waals surface area contributed by atoms with Crippen molar-refractivity contribution in [1.29, 1.82) is 0 Å². The molecule has 7 heteroatoms. The Kier molecular flexibility index (Phi) is 9.09. The second kappa shape index (κ2) is 11.2. The first-order valence-electron chi connectivity index (χ1n) is 11.3. The van der Waals surface area contributed by atoms with E-state index in [4.69, 9.17) is 4.74 Å². The van der Waals surface area contributed by atoms with Gasteiger partial charge >= 0.3 is 0 Å². The minimum atomic E-state index is -3.40. The molecule has 2 rings (SSSR count). The maximum Gasteiger partial charge on any atom is 0.254 e. The average Bonchev–Trinajstić information content (AvgIpc) is 2.73. The van der Waals surface area contributed by atoms with Crippen molar-refractivity contribution in [2.45, 2.75) is 51.1 Å². The molecule has 182 valence electrons. The van der Waals surface area contributed by atoms with Gasteiger partial charge in [0.05, 0.1) is 11.5 Å². The highest BCUT2D eigenvalue weighted by atomic mass is 32.2.